The number of hydrogen-bond acceptors (Lipinski definition) is 3. The number of aliphatic imine (C=N–C) groups is 1. The zero-order valence-electron chi connectivity index (χ0n) is 18.0. The van der Waals surface area contributed by atoms with Gasteiger partial charge in [-0.05, 0) is 57.0 Å². The van der Waals surface area contributed by atoms with E-state index in [4.69, 9.17) is 4.74 Å². The van der Waals surface area contributed by atoms with Crippen LogP contribution in [0.3, 0.4) is 0 Å². The summed E-state index contributed by atoms with van der Waals surface area (Å²) in [7, 11) is 1.74. The van der Waals surface area contributed by atoms with E-state index in [1.165, 1.54) is 5.56 Å². The van der Waals surface area contributed by atoms with Crippen molar-refractivity contribution in [1.82, 2.24) is 16.0 Å². The minimum atomic E-state index is -0.0537. The first kappa shape index (κ1) is 22.3. The van der Waals surface area contributed by atoms with Gasteiger partial charge in [0.15, 0.2) is 5.96 Å². The maximum absolute atomic E-state index is 11.8. The van der Waals surface area contributed by atoms with Crippen molar-refractivity contribution < 1.29 is 9.53 Å². The number of benzene rings is 2. The Hall–Kier alpha value is -3.02. The van der Waals surface area contributed by atoms with Crippen LogP contribution in [0, 0.1) is 6.92 Å². The maximum Gasteiger partial charge on any atom is 0.251 e. The van der Waals surface area contributed by atoms with Gasteiger partial charge in [0.25, 0.3) is 5.91 Å². The molecule has 0 saturated carbocycles. The van der Waals surface area contributed by atoms with Crippen LogP contribution in [0.25, 0.3) is 0 Å². The molecular weight excluding hydrogens is 364 g/mol. The molecule has 0 atom stereocenters. The largest absolute Gasteiger partial charge is 0.491 e. The lowest BCUT2D eigenvalue weighted by Gasteiger charge is -2.17. The lowest BCUT2D eigenvalue weighted by molar-refractivity contribution is 0.0956. The number of ether oxygens (including phenoxy) is 1. The normalized spacial score (nSPS) is 11.3. The van der Waals surface area contributed by atoms with Gasteiger partial charge in [0, 0.05) is 37.8 Å². The van der Waals surface area contributed by atoms with E-state index in [-0.39, 0.29) is 12.0 Å². The molecule has 0 aliphatic rings. The van der Waals surface area contributed by atoms with Crippen LogP contribution in [0.1, 0.15) is 47.8 Å². The number of guanidine groups is 1. The molecule has 0 bridgehead atoms. The van der Waals surface area contributed by atoms with Gasteiger partial charge in [-0.2, -0.15) is 0 Å². The van der Waals surface area contributed by atoms with Gasteiger partial charge < -0.3 is 20.7 Å². The molecule has 0 saturated heterocycles. The molecule has 1 amide bonds. The van der Waals surface area contributed by atoms with Crippen LogP contribution in [0.15, 0.2) is 47.5 Å². The molecule has 0 aliphatic carbocycles. The van der Waals surface area contributed by atoms with E-state index >= 15 is 0 Å². The van der Waals surface area contributed by atoms with Crippen molar-refractivity contribution in [2.75, 3.05) is 13.6 Å². The second-order valence-corrected chi connectivity index (χ2v) is 7.11. The van der Waals surface area contributed by atoms with Crippen LogP contribution in [0.5, 0.6) is 5.75 Å². The van der Waals surface area contributed by atoms with Crippen LogP contribution < -0.4 is 20.7 Å². The quantitative estimate of drug-likeness (QED) is 0.472. The Morgan fingerprint density at radius 3 is 2.34 bits per heavy atom. The number of amides is 1. The third-order valence-electron chi connectivity index (χ3n) is 4.27. The highest BCUT2D eigenvalue weighted by atomic mass is 16.5. The monoisotopic (exact) mass is 396 g/mol. The topological polar surface area (TPSA) is 74.8 Å². The number of nitrogens with zero attached hydrogens (tertiary/aromatic N) is 1. The van der Waals surface area contributed by atoms with Crippen molar-refractivity contribution in [2.24, 2.45) is 4.99 Å². The third kappa shape index (κ3) is 7.14. The highest BCUT2D eigenvalue weighted by Crippen LogP contribution is 2.21. The number of aryl methyl sites for hydroxylation is 1. The first-order valence-corrected chi connectivity index (χ1v) is 10.0. The fourth-order valence-corrected chi connectivity index (χ4v) is 2.79. The summed E-state index contributed by atoms with van der Waals surface area (Å²) < 4.78 is 5.94. The first-order valence-electron chi connectivity index (χ1n) is 10.0. The minimum Gasteiger partial charge on any atom is -0.491 e. The summed E-state index contributed by atoms with van der Waals surface area (Å²) >= 11 is 0. The molecule has 6 nitrogen and oxygen atoms in total. The molecule has 156 valence electrons. The highest BCUT2D eigenvalue weighted by molar-refractivity contribution is 5.94. The number of carbonyl (C=O) groups excluding carboxylic acids is 1. The van der Waals surface area contributed by atoms with Crippen LogP contribution in [-0.2, 0) is 13.1 Å². The van der Waals surface area contributed by atoms with Crippen molar-refractivity contribution in [2.45, 2.75) is 46.9 Å². The summed E-state index contributed by atoms with van der Waals surface area (Å²) in [5.74, 6) is 1.54. The fourth-order valence-electron chi connectivity index (χ4n) is 2.79. The van der Waals surface area contributed by atoms with Crippen LogP contribution in [0.4, 0.5) is 0 Å². The zero-order chi connectivity index (χ0) is 21.2. The van der Waals surface area contributed by atoms with E-state index in [9.17, 15) is 4.79 Å². The Balaban J connectivity index is 1.92. The van der Waals surface area contributed by atoms with Crippen LogP contribution in [-0.4, -0.2) is 31.6 Å². The summed E-state index contributed by atoms with van der Waals surface area (Å²) in [6.45, 7) is 9.85. The molecule has 6 heteroatoms. The highest BCUT2D eigenvalue weighted by Gasteiger charge is 2.08. The molecule has 0 heterocycles. The summed E-state index contributed by atoms with van der Waals surface area (Å²) in [5, 5.41) is 9.43. The van der Waals surface area contributed by atoms with Gasteiger partial charge >= 0.3 is 0 Å². The van der Waals surface area contributed by atoms with Gasteiger partial charge in [0.05, 0.1) is 6.10 Å². The van der Waals surface area contributed by atoms with E-state index in [0.29, 0.717) is 31.2 Å². The van der Waals surface area contributed by atoms with Gasteiger partial charge in [0.2, 0.25) is 0 Å². The van der Waals surface area contributed by atoms with Gasteiger partial charge in [-0.1, -0.05) is 24.3 Å². The SMILES string of the molecule is CCNC(=O)c1ccc(CNC(=NC)NCc2ccc(C)cc2OC(C)C)cc1. The molecule has 0 spiro atoms. The van der Waals surface area contributed by atoms with Crippen molar-refractivity contribution in [1.29, 1.82) is 0 Å². The molecule has 2 aromatic rings. The van der Waals surface area contributed by atoms with Gasteiger partial charge in [-0.3, -0.25) is 9.79 Å². The van der Waals surface area contributed by atoms with Gasteiger partial charge in [-0.15, -0.1) is 0 Å². The fraction of sp³-hybridized carbons (Fsp3) is 0.391. The molecule has 0 aliphatic heterocycles. The molecule has 3 N–H and O–H groups in total. The number of nitrogens with one attached hydrogen (secondary N) is 3. The van der Waals surface area contributed by atoms with E-state index < -0.39 is 0 Å². The molecule has 0 radical (unpaired) electrons. The number of rotatable bonds is 8. The Morgan fingerprint density at radius 1 is 1.03 bits per heavy atom. The van der Waals surface area contributed by atoms with Gasteiger partial charge in [0.1, 0.15) is 5.75 Å². The molecular formula is C23H32N4O2. The van der Waals surface area contributed by atoms with Crippen LogP contribution >= 0.6 is 0 Å². The second-order valence-electron chi connectivity index (χ2n) is 7.11. The van der Waals surface area contributed by atoms with Crippen LogP contribution in [0.2, 0.25) is 0 Å². The zero-order valence-corrected chi connectivity index (χ0v) is 18.0. The smallest absolute Gasteiger partial charge is 0.251 e. The number of hydrogen-bond donors (Lipinski definition) is 3. The first-order chi connectivity index (χ1) is 13.9. The Morgan fingerprint density at radius 2 is 1.72 bits per heavy atom. The average Bonchev–Trinajstić information content (AvgIpc) is 2.69. The molecule has 29 heavy (non-hydrogen) atoms. The summed E-state index contributed by atoms with van der Waals surface area (Å²) in [5.41, 5.74) is 3.98. The number of carbonyl (C=O) groups is 1. The Bertz CT molecular complexity index is 829. The molecule has 2 rings (SSSR count). The summed E-state index contributed by atoms with van der Waals surface area (Å²) in [6, 6.07) is 13.8. The second kappa shape index (κ2) is 11.1. The van der Waals surface area contributed by atoms with Crippen molar-refractivity contribution in [3.05, 3.63) is 64.7 Å². The predicted octanol–water partition coefficient (Wildman–Crippen LogP) is 3.40. The van der Waals surface area contributed by atoms with Crippen molar-refractivity contribution in [3.8, 4) is 5.75 Å². The summed E-state index contributed by atoms with van der Waals surface area (Å²) in [6.07, 6.45) is 0.121. The molecule has 0 fully saturated rings. The summed E-state index contributed by atoms with van der Waals surface area (Å²) in [4.78, 5) is 16.1. The van der Waals surface area contributed by atoms with E-state index in [2.05, 4.69) is 46.1 Å². The van der Waals surface area contributed by atoms with Gasteiger partial charge in [-0.25, -0.2) is 0 Å². The minimum absolute atomic E-state index is 0.0537. The Labute approximate surface area is 173 Å². The van der Waals surface area contributed by atoms with E-state index in [0.717, 1.165) is 16.9 Å². The standard InChI is InChI=1S/C23H32N4O2/c1-6-25-22(28)19-11-8-18(9-12-19)14-26-23(24-5)27-15-20-10-7-17(4)13-21(20)29-16(2)3/h7-13,16H,6,14-15H2,1-5H3,(H,25,28)(H2,24,26,27). The van der Waals surface area contributed by atoms with E-state index in [1.807, 2.05) is 45.0 Å². The Kier molecular flexibility index (Phi) is 8.52. The average molecular weight is 397 g/mol. The van der Waals surface area contributed by atoms with Crippen molar-refractivity contribution >= 4 is 11.9 Å². The lowest BCUT2D eigenvalue weighted by atomic mass is 10.1. The molecule has 2 aromatic carbocycles. The molecule has 0 aromatic heterocycles. The third-order valence-corrected chi connectivity index (χ3v) is 4.27. The lowest BCUT2D eigenvalue weighted by Crippen LogP contribution is -2.36. The maximum atomic E-state index is 11.8. The van der Waals surface area contributed by atoms with E-state index in [1.54, 1.807) is 7.05 Å². The predicted molar refractivity (Wildman–Crippen MR) is 118 cm³/mol. The molecule has 0 unspecified atom stereocenters. The van der Waals surface area contributed by atoms with Crippen molar-refractivity contribution in [3.63, 3.8) is 0 Å².